The second-order valence-electron chi connectivity index (χ2n) is 8.35. The number of hydrogen-bond donors (Lipinski definition) is 1. The molecule has 5 aromatic rings. The molecule has 3 aromatic heterocycles. The smallest absolute Gasteiger partial charge is 0.163 e. The molecule has 0 radical (unpaired) electrons. The maximum atomic E-state index is 12.8. The first kappa shape index (κ1) is 21.3. The van der Waals surface area contributed by atoms with Crippen LogP contribution in [0.25, 0.3) is 21.0 Å². The molecule has 0 bridgehead atoms. The first-order chi connectivity index (χ1) is 17.1. The van der Waals surface area contributed by atoms with E-state index in [4.69, 9.17) is 9.51 Å². The van der Waals surface area contributed by atoms with Gasteiger partial charge in [0.15, 0.2) is 5.78 Å². The summed E-state index contributed by atoms with van der Waals surface area (Å²) in [4.78, 5) is 17.7. The zero-order valence-corrected chi connectivity index (χ0v) is 19.7. The van der Waals surface area contributed by atoms with Gasteiger partial charge in [-0.3, -0.25) is 4.79 Å². The van der Waals surface area contributed by atoms with Gasteiger partial charge in [0, 0.05) is 51.2 Å². The Hall–Kier alpha value is -4.24. The quantitative estimate of drug-likeness (QED) is 0.269. The number of thiophene rings is 1. The third kappa shape index (κ3) is 4.22. The van der Waals surface area contributed by atoms with Crippen molar-refractivity contribution in [1.82, 2.24) is 10.1 Å². The second kappa shape index (κ2) is 8.84. The summed E-state index contributed by atoms with van der Waals surface area (Å²) in [5.41, 5.74) is 4.90. The number of aromatic nitrogens is 2. The van der Waals surface area contributed by atoms with E-state index in [1.807, 2.05) is 49.4 Å². The van der Waals surface area contributed by atoms with Crippen molar-refractivity contribution in [1.29, 1.82) is 0 Å². The van der Waals surface area contributed by atoms with E-state index in [9.17, 15) is 4.79 Å². The number of rotatable bonds is 7. The molecule has 6 rings (SSSR count). The second-order valence-corrected chi connectivity index (χ2v) is 9.27. The van der Waals surface area contributed by atoms with E-state index in [-0.39, 0.29) is 5.78 Å². The van der Waals surface area contributed by atoms with E-state index in [0.717, 1.165) is 55.2 Å². The average molecular weight is 481 g/mol. The highest BCUT2D eigenvalue weighted by Crippen LogP contribution is 2.35. The third-order valence-electron chi connectivity index (χ3n) is 5.91. The number of Topliss-reactive ketones (excluding diaryl/α,β-unsaturated/α-hetero) is 1. The van der Waals surface area contributed by atoms with Crippen LogP contribution in [-0.4, -0.2) is 28.2 Å². The first-order valence-electron chi connectivity index (χ1n) is 11.2. The number of carbonyl (C=O) groups is 1. The van der Waals surface area contributed by atoms with Crippen molar-refractivity contribution in [3.8, 4) is 0 Å². The maximum absolute atomic E-state index is 12.8. The van der Waals surface area contributed by atoms with E-state index >= 15 is 0 Å². The van der Waals surface area contributed by atoms with Crippen LogP contribution in [0.1, 0.15) is 33.8 Å². The van der Waals surface area contributed by atoms with Crippen LogP contribution in [0.2, 0.25) is 0 Å². The fraction of sp³-hybridized carbons (Fsp3) is 0.154. The standard InChI is InChI=1S/C26H20N6O2S/c1-15-11-19(31-34-15)6-8-24(33)17-3-2-4-18(12-17)28-26-21-9-10-35-25(21)20-7-5-16(13-22(20)29-26)23-14-27-32-30-23/h2-5,7,9-13H,6,8,14H2,1H3,(H,28,29). The van der Waals surface area contributed by atoms with Crippen LogP contribution in [-0.2, 0) is 6.42 Å². The Labute approximate surface area is 204 Å². The molecule has 0 saturated heterocycles. The van der Waals surface area contributed by atoms with Gasteiger partial charge in [0.1, 0.15) is 18.1 Å². The number of nitrogens with one attached hydrogen (secondary N) is 1. The molecule has 0 saturated carbocycles. The van der Waals surface area contributed by atoms with Gasteiger partial charge in [0.2, 0.25) is 0 Å². The van der Waals surface area contributed by atoms with Crippen LogP contribution < -0.4 is 5.32 Å². The predicted octanol–water partition coefficient (Wildman–Crippen LogP) is 6.47. The van der Waals surface area contributed by atoms with Crippen molar-refractivity contribution in [3.63, 3.8) is 0 Å². The van der Waals surface area contributed by atoms with Gasteiger partial charge in [-0.05, 0) is 41.8 Å². The van der Waals surface area contributed by atoms with E-state index in [2.05, 4.69) is 43.4 Å². The van der Waals surface area contributed by atoms with Gasteiger partial charge in [-0.1, -0.05) is 29.4 Å². The molecule has 1 aliphatic heterocycles. The van der Waals surface area contributed by atoms with E-state index in [1.54, 1.807) is 11.3 Å². The van der Waals surface area contributed by atoms with Crippen LogP contribution in [0.4, 0.5) is 11.5 Å². The van der Waals surface area contributed by atoms with Crippen molar-refractivity contribution in [3.05, 3.63) is 82.6 Å². The van der Waals surface area contributed by atoms with Crippen molar-refractivity contribution in [2.24, 2.45) is 15.4 Å². The van der Waals surface area contributed by atoms with Gasteiger partial charge in [-0.15, -0.1) is 16.4 Å². The number of aryl methyl sites for hydroxylation is 2. The van der Waals surface area contributed by atoms with Gasteiger partial charge in [0.05, 0.1) is 16.9 Å². The average Bonchev–Trinajstić information content (AvgIpc) is 3.65. The lowest BCUT2D eigenvalue weighted by atomic mass is 10.0. The summed E-state index contributed by atoms with van der Waals surface area (Å²) < 4.78 is 6.24. The highest BCUT2D eigenvalue weighted by Gasteiger charge is 2.15. The Morgan fingerprint density at radius 1 is 1.11 bits per heavy atom. The summed E-state index contributed by atoms with van der Waals surface area (Å²) in [5, 5.41) is 23.4. The SMILES string of the molecule is Cc1cc(CCC(=O)c2cccc(Nc3nc4cc(C5=NN=NC5)ccc4c4sccc34)c2)no1. The molecule has 35 heavy (non-hydrogen) atoms. The molecule has 1 N–H and O–H groups in total. The maximum Gasteiger partial charge on any atom is 0.163 e. The van der Waals surface area contributed by atoms with E-state index in [1.165, 1.54) is 0 Å². The number of anilines is 2. The highest BCUT2D eigenvalue weighted by atomic mass is 32.1. The Kier molecular flexibility index (Phi) is 5.38. The van der Waals surface area contributed by atoms with Crippen molar-refractivity contribution >= 4 is 55.3 Å². The Balaban J connectivity index is 1.29. The number of hydrogen-bond acceptors (Lipinski definition) is 9. The van der Waals surface area contributed by atoms with Gasteiger partial charge in [0.25, 0.3) is 0 Å². The van der Waals surface area contributed by atoms with Gasteiger partial charge in [-0.25, -0.2) is 4.98 Å². The van der Waals surface area contributed by atoms with Crippen LogP contribution in [0.5, 0.6) is 0 Å². The molecule has 9 heteroatoms. The highest BCUT2D eigenvalue weighted by molar-refractivity contribution is 7.18. The predicted molar refractivity (Wildman–Crippen MR) is 137 cm³/mol. The molecule has 0 amide bonds. The van der Waals surface area contributed by atoms with E-state index in [0.29, 0.717) is 24.9 Å². The number of nitrogens with zero attached hydrogens (tertiary/aromatic N) is 5. The molecule has 0 atom stereocenters. The fourth-order valence-corrected chi connectivity index (χ4v) is 5.10. The minimum Gasteiger partial charge on any atom is -0.361 e. The Morgan fingerprint density at radius 3 is 2.89 bits per heavy atom. The first-order valence-corrected chi connectivity index (χ1v) is 12.1. The van der Waals surface area contributed by atoms with Crippen molar-refractivity contribution in [2.45, 2.75) is 19.8 Å². The molecule has 2 aromatic carbocycles. The van der Waals surface area contributed by atoms with Crippen molar-refractivity contribution < 1.29 is 9.32 Å². The molecule has 1 aliphatic rings. The summed E-state index contributed by atoms with van der Waals surface area (Å²) in [6.45, 7) is 2.32. The van der Waals surface area contributed by atoms with E-state index < -0.39 is 0 Å². The molecular weight excluding hydrogens is 460 g/mol. The van der Waals surface area contributed by atoms with Crippen LogP contribution in [0.3, 0.4) is 0 Å². The largest absolute Gasteiger partial charge is 0.361 e. The normalized spacial score (nSPS) is 13.0. The number of ketones is 1. The Morgan fingerprint density at radius 2 is 2.06 bits per heavy atom. The van der Waals surface area contributed by atoms with Gasteiger partial charge < -0.3 is 9.84 Å². The van der Waals surface area contributed by atoms with Crippen LogP contribution in [0, 0.1) is 6.92 Å². The zero-order chi connectivity index (χ0) is 23.8. The molecule has 0 spiro atoms. The van der Waals surface area contributed by atoms with Crippen molar-refractivity contribution in [2.75, 3.05) is 11.9 Å². The lowest BCUT2D eigenvalue weighted by Crippen LogP contribution is -2.03. The monoisotopic (exact) mass is 480 g/mol. The number of carbonyl (C=O) groups excluding carboxylic acids is 1. The topological polar surface area (TPSA) is 105 Å². The zero-order valence-electron chi connectivity index (χ0n) is 18.9. The molecule has 4 heterocycles. The molecule has 8 nitrogen and oxygen atoms in total. The Bertz CT molecular complexity index is 1650. The molecular formula is C26H20N6O2S. The number of benzene rings is 2. The lowest BCUT2D eigenvalue weighted by molar-refractivity contribution is 0.0982. The summed E-state index contributed by atoms with van der Waals surface area (Å²) in [7, 11) is 0. The molecule has 0 fully saturated rings. The summed E-state index contributed by atoms with van der Waals surface area (Å²) in [6.07, 6.45) is 0.910. The van der Waals surface area contributed by atoms with Gasteiger partial charge in [-0.2, -0.15) is 5.11 Å². The number of pyridine rings is 1. The minimum atomic E-state index is 0.0549. The van der Waals surface area contributed by atoms with Gasteiger partial charge >= 0.3 is 0 Å². The summed E-state index contributed by atoms with van der Waals surface area (Å²) >= 11 is 1.68. The molecule has 0 aliphatic carbocycles. The molecule has 0 unspecified atom stereocenters. The van der Waals surface area contributed by atoms with Crippen LogP contribution >= 0.6 is 11.3 Å². The minimum absolute atomic E-state index is 0.0549. The third-order valence-corrected chi connectivity index (χ3v) is 6.86. The molecule has 172 valence electrons. The summed E-state index contributed by atoms with van der Waals surface area (Å²) in [5.74, 6) is 1.55. The summed E-state index contributed by atoms with van der Waals surface area (Å²) in [6, 6.07) is 17.6. The lowest BCUT2D eigenvalue weighted by Gasteiger charge is -2.11. The van der Waals surface area contributed by atoms with Crippen LogP contribution in [0.15, 0.2) is 79.9 Å². The number of fused-ring (bicyclic) bond motifs is 3. The fourth-order valence-electron chi connectivity index (χ4n) is 4.17.